The highest BCUT2D eigenvalue weighted by Gasteiger charge is 2.48. The summed E-state index contributed by atoms with van der Waals surface area (Å²) >= 11 is 0. The van der Waals surface area contributed by atoms with Crippen LogP contribution in [0, 0.1) is 29.6 Å². The normalized spacial score (nSPS) is 42.5. The lowest BCUT2D eigenvalue weighted by Gasteiger charge is -2.21. The number of fused-ring (bicyclic) bond motifs is 2. The molecule has 0 saturated heterocycles. The van der Waals surface area contributed by atoms with Crippen molar-refractivity contribution >= 4 is 11.9 Å². The third-order valence-electron chi connectivity index (χ3n) is 4.87. The van der Waals surface area contributed by atoms with Crippen LogP contribution in [0.25, 0.3) is 0 Å². The van der Waals surface area contributed by atoms with Gasteiger partial charge in [0.1, 0.15) is 0 Å². The predicted octanol–water partition coefficient (Wildman–Crippen LogP) is 1.26. The van der Waals surface area contributed by atoms with Crippen LogP contribution in [0.3, 0.4) is 0 Å². The van der Waals surface area contributed by atoms with E-state index in [1.165, 1.54) is 25.7 Å². The first-order chi connectivity index (χ1) is 8.15. The van der Waals surface area contributed by atoms with Crippen LogP contribution >= 0.6 is 0 Å². The molecule has 94 valence electrons. The van der Waals surface area contributed by atoms with E-state index in [4.69, 9.17) is 5.11 Å². The minimum absolute atomic E-state index is 0.0415. The summed E-state index contributed by atoms with van der Waals surface area (Å²) < 4.78 is 0. The molecule has 1 amide bonds. The van der Waals surface area contributed by atoms with Gasteiger partial charge in [0, 0.05) is 6.54 Å². The summed E-state index contributed by atoms with van der Waals surface area (Å²) in [5.74, 6) is 0.815. The van der Waals surface area contributed by atoms with Crippen LogP contribution in [0.5, 0.6) is 0 Å². The Balaban J connectivity index is 1.43. The summed E-state index contributed by atoms with van der Waals surface area (Å²) in [7, 11) is 0. The maximum Gasteiger partial charge on any atom is 0.307 e. The van der Waals surface area contributed by atoms with Gasteiger partial charge in [-0.3, -0.25) is 9.59 Å². The molecule has 4 heteroatoms. The third kappa shape index (κ3) is 2.05. The molecule has 0 heterocycles. The molecule has 4 nitrogen and oxygen atoms in total. The fourth-order valence-corrected chi connectivity index (χ4v) is 3.75. The summed E-state index contributed by atoms with van der Waals surface area (Å²) in [6.45, 7) is 0.767. The molecule has 0 radical (unpaired) electrons. The number of nitrogens with one attached hydrogen (secondary N) is 1. The molecule has 17 heavy (non-hydrogen) atoms. The minimum atomic E-state index is -0.829. The maximum absolute atomic E-state index is 11.7. The Morgan fingerprint density at radius 1 is 1.12 bits per heavy atom. The molecule has 0 aliphatic heterocycles. The predicted molar refractivity (Wildman–Crippen MR) is 61.2 cm³/mol. The lowest BCUT2D eigenvalue weighted by Crippen LogP contribution is -2.33. The molecule has 3 fully saturated rings. The topological polar surface area (TPSA) is 66.4 Å². The Bertz CT molecular complexity index is 355. The first-order valence-electron chi connectivity index (χ1n) is 6.65. The zero-order valence-electron chi connectivity index (χ0n) is 9.89. The van der Waals surface area contributed by atoms with Gasteiger partial charge in [-0.2, -0.15) is 0 Å². The van der Waals surface area contributed by atoms with E-state index in [1.54, 1.807) is 0 Å². The lowest BCUT2D eigenvalue weighted by atomic mass is 9.89. The van der Waals surface area contributed by atoms with Crippen molar-refractivity contribution in [3.05, 3.63) is 0 Å². The van der Waals surface area contributed by atoms with E-state index in [2.05, 4.69) is 5.32 Å². The van der Waals surface area contributed by atoms with Crippen molar-refractivity contribution in [1.29, 1.82) is 0 Å². The van der Waals surface area contributed by atoms with E-state index in [1.807, 2.05) is 0 Å². The largest absolute Gasteiger partial charge is 0.481 e. The molecule has 3 rings (SSSR count). The smallest absolute Gasteiger partial charge is 0.307 e. The molecule has 3 saturated carbocycles. The Hall–Kier alpha value is -1.06. The number of carbonyl (C=O) groups excluding carboxylic acids is 1. The van der Waals surface area contributed by atoms with E-state index < -0.39 is 11.9 Å². The van der Waals surface area contributed by atoms with Gasteiger partial charge in [0.05, 0.1) is 11.8 Å². The van der Waals surface area contributed by atoms with E-state index in [-0.39, 0.29) is 11.8 Å². The summed E-state index contributed by atoms with van der Waals surface area (Å²) in [5, 5.41) is 11.7. The van der Waals surface area contributed by atoms with E-state index in [0.29, 0.717) is 12.3 Å². The number of carboxylic acid groups (broad SMARTS) is 1. The molecule has 0 aromatic rings. The molecule has 3 aliphatic carbocycles. The van der Waals surface area contributed by atoms with Crippen molar-refractivity contribution in [2.24, 2.45) is 29.6 Å². The summed E-state index contributed by atoms with van der Waals surface area (Å²) in [5.41, 5.74) is 0. The first-order valence-corrected chi connectivity index (χ1v) is 6.65. The van der Waals surface area contributed by atoms with Gasteiger partial charge in [-0.05, 0) is 43.4 Å². The van der Waals surface area contributed by atoms with E-state index in [9.17, 15) is 9.59 Å². The molecule has 5 atom stereocenters. The number of aliphatic carboxylic acids is 1. The van der Waals surface area contributed by atoms with Crippen molar-refractivity contribution in [3.8, 4) is 0 Å². The van der Waals surface area contributed by atoms with Gasteiger partial charge in [0.25, 0.3) is 0 Å². The van der Waals surface area contributed by atoms with Crippen LogP contribution in [0.4, 0.5) is 0 Å². The fourth-order valence-electron chi connectivity index (χ4n) is 3.75. The summed E-state index contributed by atoms with van der Waals surface area (Å²) in [4.78, 5) is 22.4. The van der Waals surface area contributed by atoms with Crippen LogP contribution < -0.4 is 5.32 Å². The highest BCUT2D eigenvalue weighted by molar-refractivity contribution is 5.89. The highest BCUT2D eigenvalue weighted by Crippen LogP contribution is 2.48. The van der Waals surface area contributed by atoms with Crippen molar-refractivity contribution < 1.29 is 14.7 Å². The maximum atomic E-state index is 11.7. The zero-order valence-corrected chi connectivity index (χ0v) is 9.89. The summed E-state index contributed by atoms with van der Waals surface area (Å²) in [6, 6.07) is 0. The second kappa shape index (κ2) is 4.00. The molecular weight excluding hydrogens is 218 g/mol. The number of hydrogen-bond donors (Lipinski definition) is 2. The van der Waals surface area contributed by atoms with Crippen LogP contribution in [-0.4, -0.2) is 23.5 Å². The molecule has 0 aromatic carbocycles. The second-order valence-electron chi connectivity index (χ2n) is 5.97. The Labute approximate surface area is 101 Å². The number of carboxylic acids is 1. The van der Waals surface area contributed by atoms with E-state index >= 15 is 0 Å². The van der Waals surface area contributed by atoms with Crippen molar-refractivity contribution in [3.63, 3.8) is 0 Å². The Morgan fingerprint density at radius 2 is 1.94 bits per heavy atom. The average molecular weight is 237 g/mol. The Morgan fingerprint density at radius 3 is 2.47 bits per heavy atom. The quantitative estimate of drug-likeness (QED) is 0.773. The molecule has 3 unspecified atom stereocenters. The van der Waals surface area contributed by atoms with Gasteiger partial charge in [-0.25, -0.2) is 0 Å². The number of carbonyl (C=O) groups is 2. The molecule has 0 aromatic heterocycles. The molecule has 0 spiro atoms. The second-order valence-corrected chi connectivity index (χ2v) is 5.97. The number of rotatable bonds is 4. The minimum Gasteiger partial charge on any atom is -0.481 e. The van der Waals surface area contributed by atoms with Crippen molar-refractivity contribution in [2.45, 2.75) is 32.1 Å². The number of hydrogen-bond acceptors (Lipinski definition) is 2. The summed E-state index contributed by atoms with van der Waals surface area (Å²) in [6.07, 6.45) is 5.84. The van der Waals surface area contributed by atoms with Crippen LogP contribution in [0.2, 0.25) is 0 Å². The van der Waals surface area contributed by atoms with Crippen LogP contribution in [0.1, 0.15) is 32.1 Å². The Kier molecular flexibility index (Phi) is 2.60. The van der Waals surface area contributed by atoms with Gasteiger partial charge in [-0.1, -0.05) is 6.42 Å². The monoisotopic (exact) mass is 237 g/mol. The third-order valence-corrected chi connectivity index (χ3v) is 4.87. The van der Waals surface area contributed by atoms with Crippen LogP contribution in [-0.2, 0) is 9.59 Å². The average Bonchev–Trinajstić information content (AvgIpc) is 2.86. The molecule has 3 aliphatic rings. The molecular formula is C13H19NO3. The highest BCUT2D eigenvalue weighted by atomic mass is 16.4. The standard InChI is InChI=1S/C13H19NO3/c15-12(10-5-11(10)13(16)17)14-6-9-4-7-1-2-8(9)3-7/h7-11H,1-6H2,(H,14,15)(H,16,17)/t7?,8?,9?,10-,11+/m1/s1. The number of amides is 1. The van der Waals surface area contributed by atoms with Gasteiger partial charge in [0.15, 0.2) is 0 Å². The van der Waals surface area contributed by atoms with Gasteiger partial charge in [-0.15, -0.1) is 0 Å². The lowest BCUT2D eigenvalue weighted by molar-refractivity contribution is -0.140. The van der Waals surface area contributed by atoms with Crippen molar-refractivity contribution in [2.75, 3.05) is 6.54 Å². The van der Waals surface area contributed by atoms with E-state index in [0.717, 1.165) is 18.4 Å². The molecule has 2 N–H and O–H groups in total. The first kappa shape index (κ1) is 11.1. The van der Waals surface area contributed by atoms with Gasteiger partial charge >= 0.3 is 5.97 Å². The zero-order chi connectivity index (χ0) is 12.0. The van der Waals surface area contributed by atoms with Gasteiger partial charge in [0.2, 0.25) is 5.91 Å². The molecule has 2 bridgehead atoms. The van der Waals surface area contributed by atoms with Crippen LogP contribution in [0.15, 0.2) is 0 Å². The SMILES string of the molecule is O=C(O)[C@H]1C[C@H]1C(=O)NCC1CC2CCC1C2. The fraction of sp³-hybridized carbons (Fsp3) is 0.846. The van der Waals surface area contributed by atoms with Crippen molar-refractivity contribution in [1.82, 2.24) is 5.32 Å². The van der Waals surface area contributed by atoms with Gasteiger partial charge < -0.3 is 10.4 Å².